The molecule has 2 aliphatic rings. The number of nitrogens with zero attached hydrogens (tertiary/aromatic N) is 3. The van der Waals surface area contributed by atoms with Crippen LogP contribution >= 0.6 is 0 Å². The molecule has 8 nitrogen and oxygen atoms in total. The number of amides is 2. The van der Waals surface area contributed by atoms with Gasteiger partial charge in [0, 0.05) is 26.2 Å². The fourth-order valence-corrected chi connectivity index (χ4v) is 4.01. The lowest BCUT2D eigenvalue weighted by Crippen LogP contribution is -2.61. The molecule has 1 saturated carbocycles. The Morgan fingerprint density at radius 3 is 2.80 bits per heavy atom. The standard InChI is InChI=1S/C17H26N4O4/c1-10-15(11(2)25-19-10)17(24)20(3)12-5-4-6-13(16(12)23)21-8-7-18-14(22)9-21/h12-13,16,23H,4-9H2,1-3H3,(H,18,22)/t12-,13-,16-/m1/s1. The van der Waals surface area contributed by atoms with Crippen molar-refractivity contribution in [2.45, 2.75) is 51.3 Å². The van der Waals surface area contributed by atoms with Crippen molar-refractivity contribution >= 4 is 11.8 Å². The molecule has 138 valence electrons. The van der Waals surface area contributed by atoms with Crippen LogP contribution in [0.4, 0.5) is 0 Å². The van der Waals surface area contributed by atoms with E-state index in [2.05, 4.69) is 10.5 Å². The van der Waals surface area contributed by atoms with Crippen molar-refractivity contribution in [2.75, 3.05) is 26.7 Å². The molecule has 0 radical (unpaired) electrons. The number of hydrogen-bond acceptors (Lipinski definition) is 6. The summed E-state index contributed by atoms with van der Waals surface area (Å²) in [5, 5.41) is 17.6. The zero-order valence-electron chi connectivity index (χ0n) is 15.0. The summed E-state index contributed by atoms with van der Waals surface area (Å²) in [6, 6.07) is -0.394. The van der Waals surface area contributed by atoms with Gasteiger partial charge in [-0.05, 0) is 33.1 Å². The number of aromatic nitrogens is 1. The first-order valence-electron chi connectivity index (χ1n) is 8.79. The fraction of sp³-hybridized carbons (Fsp3) is 0.706. The Morgan fingerprint density at radius 1 is 1.40 bits per heavy atom. The first kappa shape index (κ1) is 17.9. The molecule has 1 aliphatic heterocycles. The van der Waals surface area contributed by atoms with Crippen LogP contribution in [-0.4, -0.2) is 76.7 Å². The fourth-order valence-electron chi connectivity index (χ4n) is 4.01. The van der Waals surface area contributed by atoms with Gasteiger partial charge in [-0.1, -0.05) is 5.16 Å². The Hall–Kier alpha value is -1.93. The molecule has 2 heterocycles. The maximum atomic E-state index is 12.9. The van der Waals surface area contributed by atoms with Gasteiger partial charge in [-0.2, -0.15) is 0 Å². The first-order valence-corrected chi connectivity index (χ1v) is 8.79. The summed E-state index contributed by atoms with van der Waals surface area (Å²) in [7, 11) is 1.72. The molecule has 0 spiro atoms. The number of aliphatic hydroxyl groups is 1. The maximum absolute atomic E-state index is 12.9. The van der Waals surface area contributed by atoms with Gasteiger partial charge in [0.05, 0.1) is 24.4 Å². The quantitative estimate of drug-likeness (QED) is 0.801. The molecule has 1 aromatic heterocycles. The normalized spacial score (nSPS) is 27.8. The van der Waals surface area contributed by atoms with Crippen molar-refractivity contribution in [2.24, 2.45) is 0 Å². The molecule has 0 aromatic carbocycles. The van der Waals surface area contributed by atoms with Gasteiger partial charge in [0.1, 0.15) is 11.3 Å². The van der Waals surface area contributed by atoms with Crippen LogP contribution in [0.3, 0.4) is 0 Å². The molecular weight excluding hydrogens is 324 g/mol. The van der Waals surface area contributed by atoms with Crippen molar-refractivity contribution in [3.63, 3.8) is 0 Å². The number of carbonyl (C=O) groups excluding carboxylic acids is 2. The van der Waals surface area contributed by atoms with Crippen LogP contribution in [-0.2, 0) is 4.79 Å². The van der Waals surface area contributed by atoms with Gasteiger partial charge >= 0.3 is 0 Å². The Balaban J connectivity index is 1.75. The van der Waals surface area contributed by atoms with E-state index in [1.165, 1.54) is 0 Å². The third kappa shape index (κ3) is 3.41. The van der Waals surface area contributed by atoms with E-state index in [0.717, 1.165) is 25.8 Å². The third-order valence-corrected chi connectivity index (χ3v) is 5.39. The number of piperazine rings is 1. The van der Waals surface area contributed by atoms with Crippen LogP contribution in [0.2, 0.25) is 0 Å². The molecule has 1 aromatic rings. The minimum atomic E-state index is -0.686. The number of nitrogens with one attached hydrogen (secondary N) is 1. The second-order valence-electron chi connectivity index (χ2n) is 6.99. The number of hydrogen-bond donors (Lipinski definition) is 2. The second-order valence-corrected chi connectivity index (χ2v) is 6.99. The highest BCUT2D eigenvalue weighted by Gasteiger charge is 2.40. The van der Waals surface area contributed by atoms with E-state index < -0.39 is 6.10 Å². The number of aliphatic hydroxyl groups excluding tert-OH is 1. The molecule has 0 unspecified atom stereocenters. The minimum absolute atomic E-state index is 0.0132. The molecule has 3 rings (SSSR count). The van der Waals surface area contributed by atoms with E-state index >= 15 is 0 Å². The van der Waals surface area contributed by atoms with E-state index in [4.69, 9.17) is 4.52 Å². The van der Waals surface area contributed by atoms with E-state index in [0.29, 0.717) is 30.1 Å². The van der Waals surface area contributed by atoms with Crippen LogP contribution in [0.5, 0.6) is 0 Å². The molecule has 2 fully saturated rings. The monoisotopic (exact) mass is 350 g/mol. The van der Waals surface area contributed by atoms with Gasteiger partial charge < -0.3 is 19.8 Å². The average molecular weight is 350 g/mol. The lowest BCUT2D eigenvalue weighted by molar-refractivity contribution is -0.127. The van der Waals surface area contributed by atoms with Crippen molar-refractivity contribution in [1.82, 2.24) is 20.3 Å². The van der Waals surface area contributed by atoms with Gasteiger partial charge in [-0.15, -0.1) is 0 Å². The summed E-state index contributed by atoms with van der Waals surface area (Å²) in [5.74, 6) is 0.293. The lowest BCUT2D eigenvalue weighted by atomic mass is 9.85. The predicted octanol–water partition coefficient (Wildman–Crippen LogP) is 0.0772. The Morgan fingerprint density at radius 2 is 2.16 bits per heavy atom. The molecule has 1 saturated heterocycles. The highest BCUT2D eigenvalue weighted by Crippen LogP contribution is 2.28. The highest BCUT2D eigenvalue weighted by molar-refractivity contribution is 5.96. The number of likely N-dealkylation sites (N-methyl/N-ethyl adjacent to an activating group) is 1. The Labute approximate surface area is 147 Å². The smallest absolute Gasteiger partial charge is 0.259 e. The lowest BCUT2D eigenvalue weighted by Gasteiger charge is -2.45. The van der Waals surface area contributed by atoms with Crippen LogP contribution in [0.1, 0.15) is 41.1 Å². The summed E-state index contributed by atoms with van der Waals surface area (Å²) in [5.41, 5.74) is 1.03. The number of carbonyl (C=O) groups is 2. The Kier molecular flexibility index (Phi) is 5.10. The Bertz CT molecular complexity index is 640. The summed E-state index contributed by atoms with van der Waals surface area (Å²) in [6.45, 7) is 5.08. The van der Waals surface area contributed by atoms with Crippen LogP contribution < -0.4 is 5.32 Å². The third-order valence-electron chi connectivity index (χ3n) is 5.39. The average Bonchev–Trinajstić information content (AvgIpc) is 2.92. The van der Waals surface area contributed by atoms with Gasteiger partial charge in [0.15, 0.2) is 0 Å². The second kappa shape index (κ2) is 7.13. The van der Waals surface area contributed by atoms with Crippen LogP contribution in [0.15, 0.2) is 4.52 Å². The van der Waals surface area contributed by atoms with E-state index in [9.17, 15) is 14.7 Å². The van der Waals surface area contributed by atoms with E-state index in [1.54, 1.807) is 25.8 Å². The largest absolute Gasteiger partial charge is 0.389 e. The molecule has 2 amide bonds. The maximum Gasteiger partial charge on any atom is 0.259 e. The topological polar surface area (TPSA) is 98.9 Å². The van der Waals surface area contributed by atoms with E-state index in [-0.39, 0.29) is 23.9 Å². The van der Waals surface area contributed by atoms with Gasteiger partial charge in [-0.3, -0.25) is 14.5 Å². The van der Waals surface area contributed by atoms with Crippen LogP contribution in [0.25, 0.3) is 0 Å². The zero-order valence-corrected chi connectivity index (χ0v) is 15.0. The molecule has 0 bridgehead atoms. The molecular formula is C17H26N4O4. The van der Waals surface area contributed by atoms with Gasteiger partial charge in [0.25, 0.3) is 5.91 Å². The molecule has 1 aliphatic carbocycles. The van der Waals surface area contributed by atoms with Crippen molar-refractivity contribution in [1.29, 1.82) is 0 Å². The molecule has 2 N–H and O–H groups in total. The van der Waals surface area contributed by atoms with Crippen molar-refractivity contribution < 1.29 is 19.2 Å². The molecule has 8 heteroatoms. The van der Waals surface area contributed by atoms with Gasteiger partial charge in [-0.25, -0.2) is 0 Å². The summed E-state index contributed by atoms with van der Waals surface area (Å²) >= 11 is 0. The zero-order chi connectivity index (χ0) is 18.1. The number of rotatable bonds is 3. The van der Waals surface area contributed by atoms with Crippen molar-refractivity contribution in [3.8, 4) is 0 Å². The van der Waals surface area contributed by atoms with Crippen molar-refractivity contribution in [3.05, 3.63) is 17.0 Å². The summed E-state index contributed by atoms with van der Waals surface area (Å²) in [4.78, 5) is 28.2. The summed E-state index contributed by atoms with van der Waals surface area (Å²) in [6.07, 6.45) is 1.79. The molecule has 25 heavy (non-hydrogen) atoms. The summed E-state index contributed by atoms with van der Waals surface area (Å²) < 4.78 is 5.10. The van der Waals surface area contributed by atoms with E-state index in [1.807, 2.05) is 4.90 Å². The SMILES string of the molecule is Cc1noc(C)c1C(=O)N(C)[C@@H]1CCC[C@@H](N2CCNC(=O)C2)[C@@H]1O. The van der Waals surface area contributed by atoms with Crippen LogP contribution in [0, 0.1) is 13.8 Å². The minimum Gasteiger partial charge on any atom is -0.389 e. The molecule has 3 atom stereocenters. The predicted molar refractivity (Wildman–Crippen MR) is 90.1 cm³/mol. The van der Waals surface area contributed by atoms with Gasteiger partial charge in [0.2, 0.25) is 5.91 Å². The highest BCUT2D eigenvalue weighted by atomic mass is 16.5. The first-order chi connectivity index (χ1) is 11.9. The number of aryl methyl sites for hydroxylation is 2.